The first-order valence-electron chi connectivity index (χ1n) is 5.74. The van der Waals surface area contributed by atoms with E-state index in [2.05, 4.69) is 26.8 Å². The maximum absolute atomic E-state index is 13.0. The Hall–Kier alpha value is -2.48. The number of hydrazine groups is 1. The topological polar surface area (TPSA) is 84.3 Å². The molecule has 0 aromatic heterocycles. The van der Waals surface area contributed by atoms with Crippen molar-refractivity contribution in [2.45, 2.75) is 0 Å². The lowest BCUT2D eigenvalue weighted by Crippen LogP contribution is -2.30. The number of carbonyl (C=O) groups excluding carboxylic acids is 1. The van der Waals surface area contributed by atoms with E-state index in [1.54, 1.807) is 6.07 Å². The van der Waals surface area contributed by atoms with Crippen LogP contribution in [0.3, 0.4) is 0 Å². The molecule has 0 radical (unpaired) electrons. The molecule has 0 fully saturated rings. The number of anilines is 1. The van der Waals surface area contributed by atoms with Crippen LogP contribution >= 0.6 is 15.9 Å². The molecule has 0 heterocycles. The lowest BCUT2D eigenvalue weighted by atomic mass is 10.2. The van der Waals surface area contributed by atoms with Crippen molar-refractivity contribution >= 4 is 33.2 Å². The third kappa shape index (κ3) is 3.54. The van der Waals surface area contributed by atoms with E-state index in [1.807, 2.05) is 0 Å². The SMILES string of the molecule is O=C(NNc1ccccc1[N+](=O)[O-])c1ccc(F)cc1Br. The van der Waals surface area contributed by atoms with Gasteiger partial charge in [-0.3, -0.25) is 25.8 Å². The average Bonchev–Trinajstić information content (AvgIpc) is 2.45. The molecule has 0 unspecified atom stereocenters. The van der Waals surface area contributed by atoms with Gasteiger partial charge in [0, 0.05) is 10.5 Å². The van der Waals surface area contributed by atoms with E-state index in [0.29, 0.717) is 0 Å². The maximum Gasteiger partial charge on any atom is 0.294 e. The number of nitro benzene ring substituents is 1. The fraction of sp³-hybridized carbons (Fsp3) is 0. The molecule has 0 aliphatic heterocycles. The van der Waals surface area contributed by atoms with E-state index >= 15 is 0 Å². The van der Waals surface area contributed by atoms with Crippen LogP contribution in [0.2, 0.25) is 0 Å². The molecule has 0 atom stereocenters. The van der Waals surface area contributed by atoms with Gasteiger partial charge in [-0.1, -0.05) is 12.1 Å². The van der Waals surface area contributed by atoms with Crippen LogP contribution in [0.5, 0.6) is 0 Å². The molecule has 0 saturated carbocycles. The zero-order chi connectivity index (χ0) is 15.4. The fourth-order valence-corrected chi connectivity index (χ4v) is 2.13. The summed E-state index contributed by atoms with van der Waals surface area (Å²) in [5, 5.41) is 10.8. The standard InChI is InChI=1S/C13H9BrFN3O3/c14-10-7-8(15)5-6-9(10)13(19)17-16-11-3-1-2-4-12(11)18(20)21/h1-7,16H,(H,17,19). The third-order valence-electron chi connectivity index (χ3n) is 2.59. The Morgan fingerprint density at radius 2 is 1.95 bits per heavy atom. The van der Waals surface area contributed by atoms with Crippen LogP contribution in [0.4, 0.5) is 15.8 Å². The number of carbonyl (C=O) groups is 1. The number of nitrogens with zero attached hydrogens (tertiary/aromatic N) is 1. The Bertz CT molecular complexity index is 709. The van der Waals surface area contributed by atoms with Crippen LogP contribution in [0, 0.1) is 15.9 Å². The molecule has 2 N–H and O–H groups in total. The highest BCUT2D eigenvalue weighted by Gasteiger charge is 2.14. The van der Waals surface area contributed by atoms with Crippen molar-refractivity contribution in [3.8, 4) is 0 Å². The third-order valence-corrected chi connectivity index (χ3v) is 3.24. The van der Waals surface area contributed by atoms with Crippen molar-refractivity contribution in [1.29, 1.82) is 0 Å². The number of nitrogens with one attached hydrogen (secondary N) is 2. The van der Waals surface area contributed by atoms with Gasteiger partial charge in [0.25, 0.3) is 11.6 Å². The van der Waals surface area contributed by atoms with Gasteiger partial charge in [-0.15, -0.1) is 0 Å². The van der Waals surface area contributed by atoms with Gasteiger partial charge in [-0.25, -0.2) is 4.39 Å². The molecule has 0 aliphatic rings. The molecule has 0 saturated heterocycles. The lowest BCUT2D eigenvalue weighted by Gasteiger charge is -2.09. The van der Waals surface area contributed by atoms with Crippen LogP contribution < -0.4 is 10.9 Å². The zero-order valence-corrected chi connectivity index (χ0v) is 12.1. The van der Waals surface area contributed by atoms with E-state index in [0.717, 1.165) is 12.1 Å². The molecular weight excluding hydrogens is 345 g/mol. The fourth-order valence-electron chi connectivity index (χ4n) is 1.60. The van der Waals surface area contributed by atoms with Crippen LogP contribution in [-0.2, 0) is 0 Å². The van der Waals surface area contributed by atoms with Crippen molar-refractivity contribution in [1.82, 2.24) is 5.43 Å². The highest BCUT2D eigenvalue weighted by Crippen LogP contribution is 2.22. The van der Waals surface area contributed by atoms with Gasteiger partial charge in [0.05, 0.1) is 10.5 Å². The van der Waals surface area contributed by atoms with Crippen LogP contribution in [0.15, 0.2) is 46.9 Å². The van der Waals surface area contributed by atoms with Gasteiger partial charge in [0.15, 0.2) is 0 Å². The number of amides is 1. The van der Waals surface area contributed by atoms with Crippen molar-refractivity contribution in [3.05, 3.63) is 68.4 Å². The first kappa shape index (κ1) is 14.9. The molecule has 2 rings (SSSR count). The lowest BCUT2D eigenvalue weighted by molar-refractivity contribution is -0.384. The van der Waals surface area contributed by atoms with E-state index < -0.39 is 16.6 Å². The minimum Gasteiger partial charge on any atom is -0.292 e. The van der Waals surface area contributed by atoms with E-state index in [9.17, 15) is 19.3 Å². The predicted octanol–water partition coefficient (Wildman–Crippen LogP) is 3.25. The molecule has 2 aromatic carbocycles. The zero-order valence-electron chi connectivity index (χ0n) is 10.5. The quantitative estimate of drug-likeness (QED) is 0.652. The molecule has 108 valence electrons. The molecule has 1 amide bonds. The van der Waals surface area contributed by atoms with Crippen LogP contribution in [-0.4, -0.2) is 10.8 Å². The summed E-state index contributed by atoms with van der Waals surface area (Å²) >= 11 is 3.07. The van der Waals surface area contributed by atoms with Gasteiger partial charge in [-0.2, -0.15) is 0 Å². The molecule has 0 spiro atoms. The summed E-state index contributed by atoms with van der Waals surface area (Å²) in [7, 11) is 0. The summed E-state index contributed by atoms with van der Waals surface area (Å²) in [6.45, 7) is 0. The largest absolute Gasteiger partial charge is 0.294 e. The molecule has 6 nitrogen and oxygen atoms in total. The first-order valence-corrected chi connectivity index (χ1v) is 6.53. The van der Waals surface area contributed by atoms with Gasteiger partial charge in [-0.05, 0) is 40.2 Å². The molecule has 2 aromatic rings. The van der Waals surface area contributed by atoms with Gasteiger partial charge < -0.3 is 0 Å². The highest BCUT2D eigenvalue weighted by molar-refractivity contribution is 9.10. The molecule has 0 aliphatic carbocycles. The van der Waals surface area contributed by atoms with E-state index in [-0.39, 0.29) is 21.4 Å². The summed E-state index contributed by atoms with van der Waals surface area (Å²) in [4.78, 5) is 22.2. The smallest absolute Gasteiger partial charge is 0.292 e. The number of rotatable bonds is 4. The second kappa shape index (κ2) is 6.31. The van der Waals surface area contributed by atoms with Gasteiger partial charge in [0.2, 0.25) is 0 Å². The van der Waals surface area contributed by atoms with E-state index in [4.69, 9.17) is 0 Å². The second-order valence-electron chi connectivity index (χ2n) is 3.98. The van der Waals surface area contributed by atoms with Gasteiger partial charge >= 0.3 is 0 Å². The highest BCUT2D eigenvalue weighted by atomic mass is 79.9. The van der Waals surface area contributed by atoms with Crippen LogP contribution in [0.1, 0.15) is 10.4 Å². The molecule has 8 heteroatoms. The number of hydrogen-bond acceptors (Lipinski definition) is 4. The maximum atomic E-state index is 13.0. The number of nitro groups is 1. The van der Waals surface area contributed by atoms with Gasteiger partial charge in [0.1, 0.15) is 11.5 Å². The average molecular weight is 354 g/mol. The Morgan fingerprint density at radius 1 is 1.24 bits per heavy atom. The Balaban J connectivity index is 2.13. The van der Waals surface area contributed by atoms with E-state index in [1.165, 1.54) is 24.3 Å². The second-order valence-corrected chi connectivity index (χ2v) is 4.83. The van der Waals surface area contributed by atoms with Crippen LogP contribution in [0.25, 0.3) is 0 Å². The number of benzene rings is 2. The summed E-state index contributed by atoms with van der Waals surface area (Å²) in [6, 6.07) is 9.47. The Kier molecular flexibility index (Phi) is 4.49. The normalized spacial score (nSPS) is 10.0. The number of para-hydroxylation sites is 2. The molecule has 0 bridgehead atoms. The summed E-state index contributed by atoms with van der Waals surface area (Å²) in [6.07, 6.45) is 0. The minimum atomic E-state index is -0.567. The molecule has 21 heavy (non-hydrogen) atoms. The Labute approximate surface area is 127 Å². The van der Waals surface area contributed by atoms with Crippen molar-refractivity contribution in [2.24, 2.45) is 0 Å². The van der Waals surface area contributed by atoms with Crippen molar-refractivity contribution < 1.29 is 14.1 Å². The van der Waals surface area contributed by atoms with Crippen molar-refractivity contribution in [2.75, 3.05) is 5.43 Å². The summed E-state index contributed by atoms with van der Waals surface area (Å²) in [5.41, 5.74) is 4.98. The Morgan fingerprint density at radius 3 is 2.62 bits per heavy atom. The monoisotopic (exact) mass is 353 g/mol. The summed E-state index contributed by atoms with van der Waals surface area (Å²) in [5.74, 6) is -1.04. The predicted molar refractivity (Wildman–Crippen MR) is 78.3 cm³/mol. The number of halogens is 2. The summed E-state index contributed by atoms with van der Waals surface area (Å²) < 4.78 is 13.2. The van der Waals surface area contributed by atoms with Crippen molar-refractivity contribution in [3.63, 3.8) is 0 Å². The minimum absolute atomic E-state index is 0.147. The first-order chi connectivity index (χ1) is 9.99. The molecular formula is C13H9BrFN3O3. The number of hydrogen-bond donors (Lipinski definition) is 2.